The summed E-state index contributed by atoms with van der Waals surface area (Å²) >= 11 is 6.09. The number of nitrogens with one attached hydrogen (secondary N) is 1. The first-order chi connectivity index (χ1) is 11.7. The Kier molecular flexibility index (Phi) is 5.26. The fourth-order valence-electron chi connectivity index (χ4n) is 2.87. The number of aryl methyl sites for hydroxylation is 1. The first-order valence-electron chi connectivity index (χ1n) is 8.31. The predicted molar refractivity (Wildman–Crippen MR) is 100 cm³/mol. The molecule has 0 bridgehead atoms. The minimum atomic E-state index is -0.0934. The van der Waals surface area contributed by atoms with E-state index in [4.69, 9.17) is 11.6 Å². The van der Waals surface area contributed by atoms with Gasteiger partial charge in [0.15, 0.2) is 0 Å². The third kappa shape index (κ3) is 3.82. The van der Waals surface area contributed by atoms with Gasteiger partial charge in [0.1, 0.15) is 0 Å². The van der Waals surface area contributed by atoms with Gasteiger partial charge in [-0.1, -0.05) is 42.8 Å². The summed E-state index contributed by atoms with van der Waals surface area (Å²) in [6.45, 7) is 5.23. The summed E-state index contributed by atoms with van der Waals surface area (Å²) < 4.78 is 0. The molecule has 0 atom stereocenters. The standard InChI is InChI=1S/C19H22ClN3O/c1-2-15-7-9-16(10-8-15)22-11-13-23(14-12-22)19(24)21-18-6-4-3-5-17(18)20/h3-10H,2,11-14H2,1H3,(H,21,24). The lowest BCUT2D eigenvalue weighted by molar-refractivity contribution is 0.208. The largest absolute Gasteiger partial charge is 0.368 e. The summed E-state index contributed by atoms with van der Waals surface area (Å²) in [4.78, 5) is 16.5. The highest BCUT2D eigenvalue weighted by molar-refractivity contribution is 6.33. The van der Waals surface area contributed by atoms with Crippen LogP contribution in [0.5, 0.6) is 0 Å². The second kappa shape index (κ2) is 7.58. The molecule has 1 heterocycles. The number of benzene rings is 2. The Balaban J connectivity index is 1.56. The summed E-state index contributed by atoms with van der Waals surface area (Å²) in [5.41, 5.74) is 3.22. The van der Waals surface area contributed by atoms with E-state index < -0.39 is 0 Å². The minimum absolute atomic E-state index is 0.0934. The molecular weight excluding hydrogens is 322 g/mol. The van der Waals surface area contributed by atoms with Crippen LogP contribution in [-0.4, -0.2) is 37.1 Å². The molecule has 0 spiro atoms. The van der Waals surface area contributed by atoms with E-state index in [2.05, 4.69) is 41.4 Å². The van der Waals surface area contributed by atoms with Gasteiger partial charge < -0.3 is 15.1 Å². The zero-order valence-electron chi connectivity index (χ0n) is 13.8. The summed E-state index contributed by atoms with van der Waals surface area (Å²) in [5.74, 6) is 0. The first kappa shape index (κ1) is 16.7. The molecule has 0 radical (unpaired) electrons. The number of rotatable bonds is 3. The molecule has 2 aromatic carbocycles. The van der Waals surface area contributed by atoms with Gasteiger partial charge in [0, 0.05) is 31.9 Å². The first-order valence-corrected chi connectivity index (χ1v) is 8.69. The summed E-state index contributed by atoms with van der Waals surface area (Å²) in [7, 11) is 0. The maximum absolute atomic E-state index is 12.4. The Hall–Kier alpha value is -2.20. The molecular formula is C19H22ClN3O. The molecule has 4 nitrogen and oxygen atoms in total. The second-order valence-corrected chi connectivity index (χ2v) is 6.31. The van der Waals surface area contributed by atoms with E-state index in [1.54, 1.807) is 6.07 Å². The van der Waals surface area contributed by atoms with Gasteiger partial charge in [-0.3, -0.25) is 0 Å². The molecule has 1 aliphatic rings. The van der Waals surface area contributed by atoms with Crippen LogP contribution in [0.1, 0.15) is 12.5 Å². The molecule has 1 N–H and O–H groups in total. The average Bonchev–Trinajstić information content (AvgIpc) is 2.64. The van der Waals surface area contributed by atoms with Gasteiger partial charge in [-0.15, -0.1) is 0 Å². The van der Waals surface area contributed by atoms with E-state index >= 15 is 0 Å². The Bertz CT molecular complexity index is 694. The van der Waals surface area contributed by atoms with E-state index in [1.165, 1.54) is 11.3 Å². The zero-order valence-corrected chi connectivity index (χ0v) is 14.6. The third-order valence-corrected chi connectivity index (χ3v) is 4.72. The normalized spacial score (nSPS) is 14.6. The van der Waals surface area contributed by atoms with Crippen molar-refractivity contribution >= 4 is 29.0 Å². The molecule has 1 fully saturated rings. The van der Waals surface area contributed by atoms with Crippen molar-refractivity contribution in [1.82, 2.24) is 4.90 Å². The molecule has 126 valence electrons. The van der Waals surface area contributed by atoms with E-state index in [0.29, 0.717) is 23.8 Å². The molecule has 1 saturated heterocycles. The van der Waals surface area contributed by atoms with Crippen molar-refractivity contribution in [1.29, 1.82) is 0 Å². The highest BCUT2D eigenvalue weighted by Gasteiger charge is 2.21. The zero-order chi connectivity index (χ0) is 16.9. The quantitative estimate of drug-likeness (QED) is 0.904. The fraction of sp³-hybridized carbons (Fsp3) is 0.316. The van der Waals surface area contributed by atoms with Gasteiger partial charge in [-0.25, -0.2) is 4.79 Å². The number of nitrogens with zero attached hydrogens (tertiary/aromatic N) is 2. The lowest BCUT2D eigenvalue weighted by Gasteiger charge is -2.36. The van der Waals surface area contributed by atoms with Crippen molar-refractivity contribution in [2.45, 2.75) is 13.3 Å². The van der Waals surface area contributed by atoms with Crippen LogP contribution in [0.4, 0.5) is 16.2 Å². The van der Waals surface area contributed by atoms with E-state index in [9.17, 15) is 4.79 Å². The average molecular weight is 344 g/mol. The number of carbonyl (C=O) groups is 1. The molecule has 24 heavy (non-hydrogen) atoms. The van der Waals surface area contributed by atoms with Crippen molar-refractivity contribution in [3.8, 4) is 0 Å². The fourth-order valence-corrected chi connectivity index (χ4v) is 3.05. The Morgan fingerprint density at radius 1 is 1.04 bits per heavy atom. The highest BCUT2D eigenvalue weighted by Crippen LogP contribution is 2.22. The van der Waals surface area contributed by atoms with Crippen LogP contribution in [0.25, 0.3) is 0 Å². The van der Waals surface area contributed by atoms with Crippen molar-refractivity contribution in [2.75, 3.05) is 36.4 Å². The lowest BCUT2D eigenvalue weighted by Crippen LogP contribution is -2.50. The molecule has 5 heteroatoms. The van der Waals surface area contributed by atoms with Crippen molar-refractivity contribution in [2.24, 2.45) is 0 Å². The van der Waals surface area contributed by atoms with Crippen molar-refractivity contribution < 1.29 is 4.79 Å². The maximum Gasteiger partial charge on any atom is 0.322 e. The third-order valence-electron chi connectivity index (χ3n) is 4.39. The topological polar surface area (TPSA) is 35.6 Å². The monoisotopic (exact) mass is 343 g/mol. The lowest BCUT2D eigenvalue weighted by atomic mass is 10.1. The van der Waals surface area contributed by atoms with Crippen LogP contribution < -0.4 is 10.2 Å². The molecule has 2 aromatic rings. The Morgan fingerprint density at radius 3 is 2.33 bits per heavy atom. The molecule has 0 unspecified atom stereocenters. The summed E-state index contributed by atoms with van der Waals surface area (Å²) in [5, 5.41) is 3.44. The van der Waals surface area contributed by atoms with Crippen LogP contribution in [0, 0.1) is 0 Å². The number of piperazine rings is 1. The Labute approximate surface area is 148 Å². The number of halogens is 1. The van der Waals surface area contributed by atoms with Crippen molar-refractivity contribution in [3.05, 3.63) is 59.1 Å². The van der Waals surface area contributed by atoms with E-state index in [-0.39, 0.29) is 6.03 Å². The van der Waals surface area contributed by atoms with Crippen LogP contribution in [-0.2, 0) is 6.42 Å². The number of anilines is 2. The van der Waals surface area contributed by atoms with Gasteiger partial charge in [-0.2, -0.15) is 0 Å². The summed E-state index contributed by atoms with van der Waals surface area (Å²) in [6, 6.07) is 15.9. The smallest absolute Gasteiger partial charge is 0.322 e. The van der Waals surface area contributed by atoms with Crippen LogP contribution >= 0.6 is 11.6 Å². The molecule has 3 rings (SSSR count). The van der Waals surface area contributed by atoms with Crippen LogP contribution in [0.2, 0.25) is 5.02 Å². The number of urea groups is 1. The van der Waals surface area contributed by atoms with E-state index in [1.807, 2.05) is 23.1 Å². The number of amides is 2. The molecule has 0 saturated carbocycles. The minimum Gasteiger partial charge on any atom is -0.368 e. The van der Waals surface area contributed by atoms with Gasteiger partial charge in [-0.05, 0) is 36.2 Å². The highest BCUT2D eigenvalue weighted by atomic mass is 35.5. The Morgan fingerprint density at radius 2 is 1.71 bits per heavy atom. The molecule has 0 aromatic heterocycles. The van der Waals surface area contributed by atoms with Gasteiger partial charge in [0.05, 0.1) is 10.7 Å². The van der Waals surface area contributed by atoms with Gasteiger partial charge >= 0.3 is 6.03 Å². The molecule has 2 amide bonds. The SMILES string of the molecule is CCc1ccc(N2CCN(C(=O)Nc3ccccc3Cl)CC2)cc1. The van der Waals surface area contributed by atoms with Gasteiger partial charge in [0.25, 0.3) is 0 Å². The maximum atomic E-state index is 12.4. The second-order valence-electron chi connectivity index (χ2n) is 5.90. The number of para-hydroxylation sites is 1. The number of hydrogen-bond donors (Lipinski definition) is 1. The summed E-state index contributed by atoms with van der Waals surface area (Å²) in [6.07, 6.45) is 1.05. The molecule has 1 aliphatic heterocycles. The van der Waals surface area contributed by atoms with Crippen LogP contribution in [0.3, 0.4) is 0 Å². The van der Waals surface area contributed by atoms with E-state index in [0.717, 1.165) is 19.5 Å². The van der Waals surface area contributed by atoms with Gasteiger partial charge in [0.2, 0.25) is 0 Å². The van der Waals surface area contributed by atoms with Crippen LogP contribution in [0.15, 0.2) is 48.5 Å². The number of carbonyl (C=O) groups excluding carboxylic acids is 1. The number of hydrogen-bond acceptors (Lipinski definition) is 2. The molecule has 0 aliphatic carbocycles. The van der Waals surface area contributed by atoms with Crippen molar-refractivity contribution in [3.63, 3.8) is 0 Å². The predicted octanol–water partition coefficient (Wildman–Crippen LogP) is 4.26.